The number of amides is 1. The second kappa shape index (κ2) is 7.98. The van der Waals surface area contributed by atoms with E-state index in [4.69, 9.17) is 12.2 Å². The van der Waals surface area contributed by atoms with Crippen molar-refractivity contribution in [1.29, 1.82) is 0 Å². The quantitative estimate of drug-likeness (QED) is 0.496. The number of unbranched alkanes of at least 4 members (excludes halogenated alkanes) is 1. The normalized spacial score (nSPS) is 16.1. The molecule has 0 atom stereocenters. The van der Waals surface area contributed by atoms with Crippen molar-refractivity contribution in [2.24, 2.45) is 0 Å². The maximum atomic E-state index is 12.8. The van der Waals surface area contributed by atoms with Gasteiger partial charge in [0.05, 0.1) is 10.6 Å². The van der Waals surface area contributed by atoms with Crippen LogP contribution in [0.25, 0.3) is 6.08 Å². The third-order valence-corrected chi connectivity index (χ3v) is 5.48. The highest BCUT2D eigenvalue weighted by Gasteiger charge is 2.33. The van der Waals surface area contributed by atoms with Crippen molar-refractivity contribution in [3.8, 4) is 0 Å². The van der Waals surface area contributed by atoms with Crippen LogP contribution in [0.2, 0.25) is 0 Å². The number of anilines is 1. The first-order valence-electron chi connectivity index (χ1n) is 8.52. The third kappa shape index (κ3) is 4.20. The number of carbonyl (C=O) groups excluding carboxylic acids is 1. The lowest BCUT2D eigenvalue weighted by atomic mass is 10.1. The number of carbonyl (C=O) groups is 1. The topological polar surface area (TPSA) is 20.3 Å². The first-order chi connectivity index (χ1) is 12.1. The predicted octanol–water partition coefficient (Wildman–Crippen LogP) is 5.74. The molecule has 2 aromatic rings. The minimum absolute atomic E-state index is 0.0446. The van der Waals surface area contributed by atoms with E-state index >= 15 is 0 Å². The summed E-state index contributed by atoms with van der Waals surface area (Å²) in [5.74, 6) is -0.0446. The van der Waals surface area contributed by atoms with Gasteiger partial charge in [0.25, 0.3) is 5.91 Å². The zero-order chi connectivity index (χ0) is 17.8. The number of benzene rings is 2. The fraction of sp³-hybridized carbons (Fsp3) is 0.238. The molecule has 0 spiro atoms. The first-order valence-corrected chi connectivity index (χ1v) is 9.74. The number of aryl methyl sites for hydroxylation is 2. The van der Waals surface area contributed by atoms with Crippen LogP contribution in [0.3, 0.4) is 0 Å². The summed E-state index contributed by atoms with van der Waals surface area (Å²) in [7, 11) is 0. The highest BCUT2D eigenvalue weighted by molar-refractivity contribution is 8.27. The average Bonchev–Trinajstić information content (AvgIpc) is 2.89. The molecular formula is C21H21NOS2. The van der Waals surface area contributed by atoms with Crippen molar-refractivity contribution in [2.45, 2.75) is 33.1 Å². The van der Waals surface area contributed by atoms with Crippen molar-refractivity contribution in [2.75, 3.05) is 4.90 Å². The molecule has 0 radical (unpaired) electrons. The molecule has 2 nitrogen and oxygen atoms in total. The van der Waals surface area contributed by atoms with Gasteiger partial charge in [0.2, 0.25) is 0 Å². The van der Waals surface area contributed by atoms with Gasteiger partial charge < -0.3 is 0 Å². The predicted molar refractivity (Wildman–Crippen MR) is 112 cm³/mol. The molecule has 0 aliphatic carbocycles. The molecule has 128 valence electrons. The number of hydrogen-bond acceptors (Lipinski definition) is 3. The van der Waals surface area contributed by atoms with E-state index in [0.717, 1.165) is 17.7 Å². The van der Waals surface area contributed by atoms with Gasteiger partial charge in [-0.25, -0.2) is 0 Å². The van der Waals surface area contributed by atoms with E-state index in [1.807, 2.05) is 49.4 Å². The molecule has 0 saturated carbocycles. The van der Waals surface area contributed by atoms with Crippen molar-refractivity contribution >= 4 is 46.0 Å². The lowest BCUT2D eigenvalue weighted by Crippen LogP contribution is -2.27. The molecule has 1 aliphatic heterocycles. The van der Waals surface area contributed by atoms with Crippen LogP contribution in [-0.2, 0) is 11.2 Å². The standard InChI is InChI=1S/C21H21NOS2/c1-3-4-5-16-10-12-18(13-11-16)22-20(23)19(25-21(22)24)14-17-8-6-15(2)7-9-17/h6-14H,3-5H2,1-2H3. The van der Waals surface area contributed by atoms with E-state index in [0.29, 0.717) is 9.23 Å². The lowest BCUT2D eigenvalue weighted by Gasteiger charge is -2.15. The maximum Gasteiger partial charge on any atom is 0.270 e. The Morgan fingerprint density at radius 1 is 1.08 bits per heavy atom. The Morgan fingerprint density at radius 3 is 2.40 bits per heavy atom. The Balaban J connectivity index is 1.80. The molecule has 0 aromatic heterocycles. The van der Waals surface area contributed by atoms with E-state index in [1.54, 1.807) is 4.90 Å². The fourth-order valence-electron chi connectivity index (χ4n) is 2.70. The van der Waals surface area contributed by atoms with Gasteiger partial charge in [-0.15, -0.1) is 0 Å². The van der Waals surface area contributed by atoms with E-state index in [-0.39, 0.29) is 5.91 Å². The zero-order valence-electron chi connectivity index (χ0n) is 14.5. The average molecular weight is 368 g/mol. The van der Waals surface area contributed by atoms with Crippen LogP contribution in [-0.4, -0.2) is 10.2 Å². The number of nitrogens with zero attached hydrogens (tertiary/aromatic N) is 1. The minimum Gasteiger partial charge on any atom is -0.268 e. The Kier molecular flexibility index (Phi) is 5.71. The number of thiocarbonyl (C=S) groups is 1. The summed E-state index contributed by atoms with van der Waals surface area (Å²) in [5, 5.41) is 0. The molecular weight excluding hydrogens is 346 g/mol. The molecule has 1 heterocycles. The van der Waals surface area contributed by atoms with Gasteiger partial charge in [-0.05, 0) is 49.1 Å². The maximum absolute atomic E-state index is 12.8. The molecule has 1 amide bonds. The second-order valence-electron chi connectivity index (χ2n) is 6.20. The van der Waals surface area contributed by atoms with Crippen LogP contribution in [0.5, 0.6) is 0 Å². The smallest absolute Gasteiger partial charge is 0.268 e. The summed E-state index contributed by atoms with van der Waals surface area (Å²) < 4.78 is 0.588. The number of thioether (sulfide) groups is 1. The van der Waals surface area contributed by atoms with Crippen molar-refractivity contribution in [1.82, 2.24) is 0 Å². The highest BCUT2D eigenvalue weighted by atomic mass is 32.2. The van der Waals surface area contributed by atoms with Crippen molar-refractivity contribution in [3.05, 3.63) is 70.1 Å². The van der Waals surface area contributed by atoms with E-state index in [9.17, 15) is 4.79 Å². The van der Waals surface area contributed by atoms with Crippen LogP contribution < -0.4 is 4.90 Å². The fourth-order valence-corrected chi connectivity index (χ4v) is 4.00. The molecule has 1 aliphatic rings. The largest absolute Gasteiger partial charge is 0.270 e. The van der Waals surface area contributed by atoms with Gasteiger partial charge in [0.15, 0.2) is 4.32 Å². The zero-order valence-corrected chi connectivity index (χ0v) is 16.1. The second-order valence-corrected chi connectivity index (χ2v) is 7.87. The summed E-state index contributed by atoms with van der Waals surface area (Å²) in [5.41, 5.74) is 4.36. The van der Waals surface area contributed by atoms with Crippen LogP contribution >= 0.6 is 24.0 Å². The van der Waals surface area contributed by atoms with Gasteiger partial charge >= 0.3 is 0 Å². The molecule has 1 saturated heterocycles. The summed E-state index contributed by atoms with van der Waals surface area (Å²) in [6.45, 7) is 4.24. The van der Waals surface area contributed by atoms with Crippen LogP contribution in [0.4, 0.5) is 5.69 Å². The van der Waals surface area contributed by atoms with Crippen LogP contribution in [0, 0.1) is 6.92 Å². The first kappa shape index (κ1) is 17.9. The molecule has 3 rings (SSSR count). The monoisotopic (exact) mass is 367 g/mol. The Labute approximate surface area is 158 Å². The van der Waals surface area contributed by atoms with Crippen molar-refractivity contribution in [3.63, 3.8) is 0 Å². The van der Waals surface area contributed by atoms with Crippen LogP contribution in [0.15, 0.2) is 53.4 Å². The molecule has 0 unspecified atom stereocenters. The van der Waals surface area contributed by atoms with Gasteiger partial charge in [0.1, 0.15) is 0 Å². The lowest BCUT2D eigenvalue weighted by molar-refractivity contribution is -0.113. The number of hydrogen-bond donors (Lipinski definition) is 0. The Bertz CT molecular complexity index is 807. The molecule has 25 heavy (non-hydrogen) atoms. The summed E-state index contributed by atoms with van der Waals surface area (Å²) >= 11 is 6.81. The Hall–Kier alpha value is -1.91. The summed E-state index contributed by atoms with van der Waals surface area (Å²) in [6, 6.07) is 16.3. The summed E-state index contributed by atoms with van der Waals surface area (Å²) in [4.78, 5) is 15.1. The van der Waals surface area contributed by atoms with Gasteiger partial charge in [-0.1, -0.05) is 79.3 Å². The highest BCUT2D eigenvalue weighted by Crippen LogP contribution is 2.36. The molecule has 4 heteroatoms. The van der Waals surface area contributed by atoms with Crippen LogP contribution in [0.1, 0.15) is 36.5 Å². The third-order valence-electron chi connectivity index (χ3n) is 4.18. The minimum atomic E-state index is -0.0446. The van der Waals surface area contributed by atoms with E-state index in [1.165, 1.54) is 35.7 Å². The molecule has 1 fully saturated rings. The Morgan fingerprint density at radius 2 is 1.76 bits per heavy atom. The van der Waals surface area contributed by atoms with Gasteiger partial charge in [0, 0.05) is 0 Å². The van der Waals surface area contributed by atoms with E-state index < -0.39 is 0 Å². The van der Waals surface area contributed by atoms with Gasteiger partial charge in [-0.2, -0.15) is 0 Å². The molecule has 0 bridgehead atoms. The SMILES string of the molecule is CCCCc1ccc(N2C(=O)C(=Cc3ccc(C)cc3)SC2=S)cc1. The summed E-state index contributed by atoms with van der Waals surface area (Å²) in [6.07, 6.45) is 5.34. The van der Waals surface area contributed by atoms with Gasteiger partial charge in [-0.3, -0.25) is 9.69 Å². The molecule has 2 aromatic carbocycles. The number of rotatable bonds is 5. The molecule has 0 N–H and O–H groups in total. The van der Waals surface area contributed by atoms with Crippen molar-refractivity contribution < 1.29 is 4.79 Å². The van der Waals surface area contributed by atoms with E-state index in [2.05, 4.69) is 19.1 Å².